The molecule has 0 N–H and O–H groups in total. The van der Waals surface area contributed by atoms with E-state index >= 15 is 0 Å². The molecule has 4 heteroatoms. The second-order valence-corrected chi connectivity index (χ2v) is 10.3. The summed E-state index contributed by atoms with van der Waals surface area (Å²) in [6, 6.07) is 26.9. The largest absolute Gasteiger partial charge is 2.00 e. The summed E-state index contributed by atoms with van der Waals surface area (Å²) in [5, 5.41) is 0. The van der Waals surface area contributed by atoms with Gasteiger partial charge in [0.05, 0.1) is 0 Å². The zero-order chi connectivity index (χ0) is 23.6. The first-order valence-corrected chi connectivity index (χ1v) is 11.3. The molecule has 0 amide bonds. The molecule has 0 saturated heterocycles. The first-order chi connectivity index (χ1) is 15.6. The number of nitrogens with zero attached hydrogens (tertiary/aromatic N) is 2. The Labute approximate surface area is 217 Å². The van der Waals surface area contributed by atoms with Gasteiger partial charge in [-0.15, -0.1) is 41.0 Å². The predicted octanol–water partition coefficient (Wildman–Crippen LogP) is 7.80. The van der Waals surface area contributed by atoms with Crippen molar-refractivity contribution in [2.75, 3.05) is 0 Å². The van der Waals surface area contributed by atoms with Crippen molar-refractivity contribution in [3.05, 3.63) is 96.3 Å². The van der Waals surface area contributed by atoms with Gasteiger partial charge in [0.1, 0.15) is 0 Å². The predicted molar refractivity (Wildman–Crippen MR) is 134 cm³/mol. The van der Waals surface area contributed by atoms with Crippen molar-refractivity contribution < 1.29 is 25.8 Å². The average Bonchev–Trinajstić information content (AvgIpc) is 2.79. The molecule has 0 unspecified atom stereocenters. The average molecular weight is 630 g/mol. The Hall–Kier alpha value is -2.77. The van der Waals surface area contributed by atoms with E-state index in [9.17, 15) is 0 Å². The SMILES string of the molecule is CC(C)(C)c1cc(Oc2[c-]c(-c3ccccn3)ccc2)[c-]c(-c2cc(C(C)(C)C)ccn2)c1.[Pt+2]. The van der Waals surface area contributed by atoms with Gasteiger partial charge in [-0.05, 0) is 39.9 Å². The standard InChI is InChI=1S/C30H30N2O.Pt/c1-29(2,3)23-13-15-32-28(20-23)22-16-24(30(4,5)6)19-26(18-22)33-25-11-9-10-21(17-25)27-12-7-8-14-31-27;/h7-16,19-20H,1-6H3;/q-2;+2. The van der Waals surface area contributed by atoms with Crippen molar-refractivity contribution in [1.29, 1.82) is 0 Å². The summed E-state index contributed by atoms with van der Waals surface area (Å²) in [5.74, 6) is 1.28. The Kier molecular flexibility index (Phi) is 7.78. The molecule has 0 spiro atoms. The van der Waals surface area contributed by atoms with Crippen LogP contribution in [0.2, 0.25) is 0 Å². The molecule has 3 nitrogen and oxygen atoms in total. The maximum atomic E-state index is 6.27. The molecular weight excluding hydrogens is 599 g/mol. The maximum absolute atomic E-state index is 6.27. The number of ether oxygens (including phenoxy) is 1. The van der Waals surface area contributed by atoms with E-state index in [4.69, 9.17) is 4.74 Å². The van der Waals surface area contributed by atoms with Crippen LogP contribution in [-0.4, -0.2) is 9.97 Å². The third kappa shape index (κ3) is 6.21. The number of aromatic nitrogens is 2. The van der Waals surface area contributed by atoms with E-state index in [1.807, 2.05) is 42.6 Å². The van der Waals surface area contributed by atoms with E-state index in [-0.39, 0.29) is 31.9 Å². The molecule has 2 aromatic heterocycles. The van der Waals surface area contributed by atoms with E-state index in [1.54, 1.807) is 6.20 Å². The zero-order valence-electron chi connectivity index (χ0n) is 20.5. The van der Waals surface area contributed by atoms with Crippen LogP contribution in [0.15, 0.2) is 73.1 Å². The van der Waals surface area contributed by atoms with Crippen LogP contribution < -0.4 is 4.74 Å². The topological polar surface area (TPSA) is 35.0 Å². The fourth-order valence-corrected chi connectivity index (χ4v) is 3.51. The Morgan fingerprint density at radius 2 is 1.32 bits per heavy atom. The van der Waals surface area contributed by atoms with Gasteiger partial charge in [0, 0.05) is 23.9 Å². The van der Waals surface area contributed by atoms with Gasteiger partial charge in [0.15, 0.2) is 0 Å². The summed E-state index contributed by atoms with van der Waals surface area (Å²) in [5.41, 5.74) is 5.95. The molecule has 2 heterocycles. The Morgan fingerprint density at radius 3 is 2.00 bits per heavy atom. The van der Waals surface area contributed by atoms with Gasteiger partial charge in [0.25, 0.3) is 0 Å². The number of hydrogen-bond acceptors (Lipinski definition) is 3. The van der Waals surface area contributed by atoms with Crippen LogP contribution in [0.25, 0.3) is 22.5 Å². The summed E-state index contributed by atoms with van der Waals surface area (Å²) in [6.07, 6.45) is 3.65. The minimum absolute atomic E-state index is 0. The third-order valence-corrected chi connectivity index (χ3v) is 5.54. The van der Waals surface area contributed by atoms with Crippen LogP contribution >= 0.6 is 0 Å². The molecule has 0 aliphatic rings. The first kappa shape index (κ1) is 25.8. The summed E-state index contributed by atoms with van der Waals surface area (Å²) < 4.78 is 6.27. The minimum Gasteiger partial charge on any atom is -0.497 e. The van der Waals surface area contributed by atoms with Crippen LogP contribution in [0.3, 0.4) is 0 Å². The molecule has 0 aliphatic heterocycles. The fourth-order valence-electron chi connectivity index (χ4n) is 3.51. The summed E-state index contributed by atoms with van der Waals surface area (Å²) in [4.78, 5) is 9.07. The molecule has 0 saturated carbocycles. The van der Waals surface area contributed by atoms with Crippen molar-refractivity contribution in [2.24, 2.45) is 0 Å². The van der Waals surface area contributed by atoms with Gasteiger partial charge in [-0.2, -0.15) is 0 Å². The van der Waals surface area contributed by atoms with Crippen molar-refractivity contribution in [1.82, 2.24) is 9.97 Å². The molecule has 34 heavy (non-hydrogen) atoms. The molecule has 0 atom stereocenters. The molecular formula is C30H30N2OPt. The first-order valence-electron chi connectivity index (χ1n) is 11.3. The van der Waals surface area contributed by atoms with Crippen LogP contribution in [-0.2, 0) is 31.9 Å². The van der Waals surface area contributed by atoms with Gasteiger partial charge in [-0.25, -0.2) is 0 Å². The number of benzene rings is 2. The zero-order valence-corrected chi connectivity index (χ0v) is 22.8. The van der Waals surface area contributed by atoms with Crippen LogP contribution in [0.4, 0.5) is 0 Å². The second-order valence-electron chi connectivity index (χ2n) is 10.3. The molecule has 0 radical (unpaired) electrons. The Bertz CT molecular complexity index is 1250. The van der Waals surface area contributed by atoms with Crippen LogP contribution in [0, 0.1) is 12.1 Å². The van der Waals surface area contributed by atoms with Gasteiger partial charge in [-0.1, -0.05) is 77.9 Å². The molecule has 0 fully saturated rings. The van der Waals surface area contributed by atoms with Gasteiger partial charge < -0.3 is 14.7 Å². The quantitative estimate of drug-likeness (QED) is 0.216. The Balaban J connectivity index is 0.00000324. The second kappa shape index (κ2) is 10.2. The number of hydrogen-bond donors (Lipinski definition) is 0. The summed E-state index contributed by atoms with van der Waals surface area (Å²) in [6.45, 7) is 13.2. The van der Waals surface area contributed by atoms with E-state index in [2.05, 4.69) is 87.9 Å². The van der Waals surface area contributed by atoms with Gasteiger partial charge in [0.2, 0.25) is 0 Å². The van der Waals surface area contributed by atoms with Crippen molar-refractivity contribution >= 4 is 0 Å². The number of pyridine rings is 2. The monoisotopic (exact) mass is 629 g/mol. The molecule has 4 aromatic rings. The molecule has 0 bridgehead atoms. The van der Waals surface area contributed by atoms with Crippen LogP contribution in [0.5, 0.6) is 11.5 Å². The summed E-state index contributed by atoms with van der Waals surface area (Å²) in [7, 11) is 0. The smallest absolute Gasteiger partial charge is 0.497 e. The molecule has 176 valence electrons. The van der Waals surface area contributed by atoms with E-state index in [0.717, 1.165) is 28.1 Å². The van der Waals surface area contributed by atoms with Crippen molar-refractivity contribution in [3.63, 3.8) is 0 Å². The number of rotatable bonds is 4. The molecule has 4 rings (SSSR count). The summed E-state index contributed by atoms with van der Waals surface area (Å²) >= 11 is 0. The Morgan fingerprint density at radius 1 is 0.618 bits per heavy atom. The van der Waals surface area contributed by atoms with E-state index < -0.39 is 0 Å². The third-order valence-electron chi connectivity index (χ3n) is 5.54. The van der Waals surface area contributed by atoms with Gasteiger partial charge >= 0.3 is 21.1 Å². The fraction of sp³-hybridized carbons (Fsp3) is 0.267. The van der Waals surface area contributed by atoms with Crippen molar-refractivity contribution in [3.8, 4) is 34.0 Å². The maximum Gasteiger partial charge on any atom is 2.00 e. The van der Waals surface area contributed by atoms with Crippen LogP contribution in [0.1, 0.15) is 52.7 Å². The van der Waals surface area contributed by atoms with Crippen molar-refractivity contribution in [2.45, 2.75) is 52.4 Å². The van der Waals surface area contributed by atoms with E-state index in [0.29, 0.717) is 11.5 Å². The van der Waals surface area contributed by atoms with Gasteiger partial charge in [-0.3, -0.25) is 0 Å². The molecule has 2 aromatic carbocycles. The normalized spacial score (nSPS) is 11.6. The van der Waals surface area contributed by atoms with E-state index in [1.165, 1.54) is 5.56 Å². The minimum atomic E-state index is -0.0525. The molecule has 0 aliphatic carbocycles.